The van der Waals surface area contributed by atoms with Gasteiger partial charge in [0, 0.05) is 0 Å². The minimum Gasteiger partial charge on any atom is -0.0588 e. The third kappa shape index (κ3) is 0.519. The summed E-state index contributed by atoms with van der Waals surface area (Å²) in [7, 11) is 0. The maximum Gasteiger partial charge on any atom is -0.0238 e. The zero-order valence-corrected chi connectivity index (χ0v) is 5.48. The van der Waals surface area contributed by atoms with Gasteiger partial charge in [-0.3, -0.25) is 0 Å². The highest BCUT2D eigenvalue weighted by molar-refractivity contribution is 5.05. The number of rotatable bonds is 0. The lowest BCUT2D eigenvalue weighted by atomic mass is 9.91. The topological polar surface area (TPSA) is 0 Å². The van der Waals surface area contributed by atoms with Crippen molar-refractivity contribution in [1.82, 2.24) is 0 Å². The lowest BCUT2D eigenvalue weighted by Gasteiger charge is -2.14. The molecule has 0 nitrogen and oxygen atoms in total. The summed E-state index contributed by atoms with van der Waals surface area (Å²) >= 11 is 0. The molecule has 0 aromatic carbocycles. The Hall–Kier alpha value is 0. The van der Waals surface area contributed by atoms with Gasteiger partial charge in [0.05, 0.1) is 0 Å². The molecule has 2 fully saturated rings. The standard InChI is InChI=1S/C8H13/c1-6-4-7-2-3-8(6)5-7/h7-8H,2-5H2,1H3. The van der Waals surface area contributed by atoms with Gasteiger partial charge in [-0.05, 0) is 37.0 Å². The maximum absolute atomic E-state index is 2.34. The molecule has 45 valence electrons. The average Bonchev–Trinajstić information content (AvgIpc) is 2.23. The predicted octanol–water partition coefficient (Wildman–Crippen LogP) is 2.40. The van der Waals surface area contributed by atoms with Gasteiger partial charge in [0.2, 0.25) is 0 Å². The van der Waals surface area contributed by atoms with Crippen LogP contribution in [-0.4, -0.2) is 0 Å². The molecule has 2 saturated carbocycles. The van der Waals surface area contributed by atoms with Crippen LogP contribution in [-0.2, 0) is 0 Å². The van der Waals surface area contributed by atoms with E-state index in [1.165, 1.54) is 25.7 Å². The third-order valence-corrected chi connectivity index (χ3v) is 2.85. The smallest absolute Gasteiger partial charge is 0.0238 e. The fraction of sp³-hybridized carbons (Fsp3) is 0.875. The Labute approximate surface area is 51.3 Å². The molecule has 0 heterocycles. The highest BCUT2D eigenvalue weighted by Gasteiger charge is 2.36. The number of hydrogen-bond donors (Lipinski definition) is 0. The third-order valence-electron chi connectivity index (χ3n) is 2.85. The molecule has 2 rings (SSSR count). The van der Waals surface area contributed by atoms with E-state index in [4.69, 9.17) is 0 Å². The minimum atomic E-state index is 1.06. The monoisotopic (exact) mass is 109 g/mol. The van der Waals surface area contributed by atoms with E-state index in [9.17, 15) is 0 Å². The molecule has 2 atom stereocenters. The van der Waals surface area contributed by atoms with Crippen LogP contribution in [0.1, 0.15) is 32.6 Å². The predicted molar refractivity (Wildman–Crippen MR) is 34.4 cm³/mol. The van der Waals surface area contributed by atoms with Gasteiger partial charge in [-0.1, -0.05) is 13.3 Å². The Kier molecular flexibility index (Phi) is 0.902. The van der Waals surface area contributed by atoms with Gasteiger partial charge in [-0.15, -0.1) is 0 Å². The molecule has 0 saturated heterocycles. The zero-order valence-electron chi connectivity index (χ0n) is 5.48. The second-order valence-electron chi connectivity index (χ2n) is 3.43. The summed E-state index contributed by atoms with van der Waals surface area (Å²) in [6.07, 6.45) is 6.04. The molecule has 0 heteroatoms. The molecule has 2 unspecified atom stereocenters. The van der Waals surface area contributed by atoms with E-state index >= 15 is 0 Å². The summed E-state index contributed by atoms with van der Waals surface area (Å²) in [4.78, 5) is 0. The molecule has 2 aliphatic carbocycles. The largest absolute Gasteiger partial charge is 0.0588 e. The Morgan fingerprint density at radius 2 is 2.25 bits per heavy atom. The lowest BCUT2D eigenvalue weighted by Crippen LogP contribution is -2.02. The summed E-state index contributed by atoms with van der Waals surface area (Å²) in [5, 5.41) is 0. The van der Waals surface area contributed by atoms with Crippen molar-refractivity contribution in [3.8, 4) is 0 Å². The molecule has 0 amide bonds. The van der Waals surface area contributed by atoms with Crippen molar-refractivity contribution >= 4 is 0 Å². The van der Waals surface area contributed by atoms with Crippen LogP contribution >= 0.6 is 0 Å². The van der Waals surface area contributed by atoms with Crippen LogP contribution in [0.15, 0.2) is 0 Å². The highest BCUT2D eigenvalue weighted by Crippen LogP contribution is 2.48. The molecule has 0 aliphatic heterocycles. The van der Waals surface area contributed by atoms with Crippen molar-refractivity contribution < 1.29 is 0 Å². The highest BCUT2D eigenvalue weighted by atomic mass is 14.4. The van der Waals surface area contributed by atoms with Crippen LogP contribution in [0.25, 0.3) is 0 Å². The zero-order chi connectivity index (χ0) is 5.56. The van der Waals surface area contributed by atoms with E-state index in [1.54, 1.807) is 5.92 Å². The second kappa shape index (κ2) is 1.49. The number of fused-ring (bicyclic) bond motifs is 2. The first kappa shape index (κ1) is 4.84. The first-order valence-corrected chi connectivity index (χ1v) is 3.68. The van der Waals surface area contributed by atoms with Crippen molar-refractivity contribution in [3.05, 3.63) is 5.92 Å². The molecular formula is C8H13. The molecule has 2 bridgehead atoms. The van der Waals surface area contributed by atoms with Gasteiger partial charge < -0.3 is 0 Å². The Morgan fingerprint density at radius 3 is 2.50 bits per heavy atom. The minimum absolute atomic E-state index is 1.06. The van der Waals surface area contributed by atoms with Gasteiger partial charge >= 0.3 is 0 Å². The Balaban J connectivity index is 2.11. The Morgan fingerprint density at radius 1 is 1.38 bits per heavy atom. The molecule has 8 heavy (non-hydrogen) atoms. The average molecular weight is 109 g/mol. The molecular weight excluding hydrogens is 96.1 g/mol. The second-order valence-corrected chi connectivity index (χ2v) is 3.43. The van der Waals surface area contributed by atoms with Crippen molar-refractivity contribution in [2.75, 3.05) is 0 Å². The fourth-order valence-corrected chi connectivity index (χ4v) is 2.33. The van der Waals surface area contributed by atoms with Crippen molar-refractivity contribution in [1.29, 1.82) is 0 Å². The quantitative estimate of drug-likeness (QED) is 0.448. The van der Waals surface area contributed by atoms with E-state index in [-0.39, 0.29) is 0 Å². The van der Waals surface area contributed by atoms with Gasteiger partial charge in [-0.2, -0.15) is 0 Å². The van der Waals surface area contributed by atoms with Crippen LogP contribution in [0.3, 0.4) is 0 Å². The van der Waals surface area contributed by atoms with Crippen molar-refractivity contribution in [3.63, 3.8) is 0 Å². The SMILES string of the molecule is C[C]1CC2CCC1C2. The maximum atomic E-state index is 2.34. The van der Waals surface area contributed by atoms with E-state index in [2.05, 4.69) is 6.92 Å². The summed E-state index contributed by atoms with van der Waals surface area (Å²) in [5.41, 5.74) is 0. The Bertz CT molecular complexity index is 94.2. The van der Waals surface area contributed by atoms with Gasteiger partial charge in [0.1, 0.15) is 0 Å². The van der Waals surface area contributed by atoms with E-state index in [1.807, 2.05) is 0 Å². The van der Waals surface area contributed by atoms with E-state index < -0.39 is 0 Å². The van der Waals surface area contributed by atoms with Gasteiger partial charge in [-0.25, -0.2) is 0 Å². The van der Waals surface area contributed by atoms with Crippen LogP contribution in [0, 0.1) is 17.8 Å². The van der Waals surface area contributed by atoms with Crippen molar-refractivity contribution in [2.45, 2.75) is 32.6 Å². The summed E-state index contributed by atoms with van der Waals surface area (Å²) in [6, 6.07) is 0. The van der Waals surface area contributed by atoms with E-state index in [0.29, 0.717) is 0 Å². The molecule has 0 spiro atoms. The van der Waals surface area contributed by atoms with Gasteiger partial charge in [0.15, 0.2) is 0 Å². The van der Waals surface area contributed by atoms with Crippen molar-refractivity contribution in [2.24, 2.45) is 11.8 Å². The summed E-state index contributed by atoms with van der Waals surface area (Å²) < 4.78 is 0. The molecule has 0 aromatic heterocycles. The summed E-state index contributed by atoms with van der Waals surface area (Å²) in [5.74, 6) is 3.96. The first-order chi connectivity index (χ1) is 3.86. The van der Waals surface area contributed by atoms with Crippen LogP contribution in [0.5, 0.6) is 0 Å². The summed E-state index contributed by atoms with van der Waals surface area (Å²) in [6.45, 7) is 2.34. The van der Waals surface area contributed by atoms with Crippen LogP contribution in [0.2, 0.25) is 0 Å². The van der Waals surface area contributed by atoms with Crippen LogP contribution in [0.4, 0.5) is 0 Å². The molecule has 1 radical (unpaired) electrons. The first-order valence-electron chi connectivity index (χ1n) is 3.68. The molecule has 0 aromatic rings. The lowest BCUT2D eigenvalue weighted by molar-refractivity contribution is 0.514. The molecule has 2 aliphatic rings. The van der Waals surface area contributed by atoms with Gasteiger partial charge in [0.25, 0.3) is 0 Å². The van der Waals surface area contributed by atoms with E-state index in [0.717, 1.165) is 11.8 Å². The van der Waals surface area contributed by atoms with Crippen LogP contribution < -0.4 is 0 Å². The molecule has 0 N–H and O–H groups in total. The fourth-order valence-electron chi connectivity index (χ4n) is 2.33. The number of hydrogen-bond acceptors (Lipinski definition) is 0. The normalized spacial score (nSPS) is 46.1.